The van der Waals surface area contributed by atoms with Crippen molar-refractivity contribution in [3.63, 3.8) is 0 Å². The zero-order valence-corrected chi connectivity index (χ0v) is 16.6. The summed E-state index contributed by atoms with van der Waals surface area (Å²) >= 11 is 0. The number of sulfonamides is 1. The number of ether oxygens (including phenoxy) is 1. The predicted molar refractivity (Wildman–Crippen MR) is 103 cm³/mol. The van der Waals surface area contributed by atoms with Crippen LogP contribution in [-0.2, 0) is 26.1 Å². The van der Waals surface area contributed by atoms with Gasteiger partial charge in [0.2, 0.25) is 10.0 Å². The second-order valence-electron chi connectivity index (χ2n) is 6.01. The highest BCUT2D eigenvalue weighted by atomic mass is 32.2. The summed E-state index contributed by atoms with van der Waals surface area (Å²) in [5, 5.41) is 17.4. The first-order valence-corrected chi connectivity index (χ1v) is 9.88. The van der Waals surface area contributed by atoms with E-state index in [0.29, 0.717) is 5.76 Å². The van der Waals surface area contributed by atoms with Crippen LogP contribution in [0.3, 0.4) is 0 Å². The van der Waals surface area contributed by atoms with Crippen molar-refractivity contribution in [3.05, 3.63) is 65.3 Å². The van der Waals surface area contributed by atoms with Crippen LogP contribution >= 0.6 is 0 Å². The number of furan rings is 1. The van der Waals surface area contributed by atoms with E-state index in [4.69, 9.17) is 14.6 Å². The SMILES string of the molecule is CC(=N)/C(C(C)=O)=C(/O)COC(=O)c1cccc(S(=O)(=O)NCc2ccco2)c1. The maximum Gasteiger partial charge on any atom is 0.338 e. The molecule has 0 atom stereocenters. The van der Waals surface area contributed by atoms with Gasteiger partial charge in [-0.1, -0.05) is 6.07 Å². The minimum absolute atomic E-state index is 0.0561. The fraction of sp³-hybridized carbons (Fsp3) is 0.211. The number of aliphatic hydroxyl groups excluding tert-OH is 1. The molecule has 0 fully saturated rings. The second kappa shape index (κ2) is 9.30. The number of carbonyl (C=O) groups excluding carboxylic acids is 2. The average Bonchev–Trinajstić information content (AvgIpc) is 3.18. The van der Waals surface area contributed by atoms with Crippen LogP contribution in [-0.4, -0.2) is 37.6 Å². The third kappa shape index (κ3) is 5.87. The Kier molecular flexibility index (Phi) is 7.08. The fourth-order valence-electron chi connectivity index (χ4n) is 2.43. The monoisotopic (exact) mass is 420 g/mol. The van der Waals surface area contributed by atoms with E-state index in [0.717, 1.165) is 6.07 Å². The molecule has 154 valence electrons. The van der Waals surface area contributed by atoms with E-state index in [9.17, 15) is 23.1 Å². The highest BCUT2D eigenvalue weighted by Gasteiger charge is 2.19. The van der Waals surface area contributed by atoms with E-state index in [1.165, 1.54) is 38.3 Å². The first-order chi connectivity index (χ1) is 13.6. The molecule has 1 aromatic heterocycles. The Balaban J connectivity index is 2.11. The molecule has 0 aliphatic carbocycles. The lowest BCUT2D eigenvalue weighted by atomic mass is 10.1. The number of nitrogens with one attached hydrogen (secondary N) is 2. The average molecular weight is 420 g/mol. The minimum Gasteiger partial charge on any atom is -0.508 e. The maximum absolute atomic E-state index is 12.4. The van der Waals surface area contributed by atoms with Crippen LogP contribution < -0.4 is 4.72 Å². The van der Waals surface area contributed by atoms with E-state index in [-0.39, 0.29) is 28.3 Å². The Hall–Kier alpha value is -3.24. The molecule has 0 aliphatic rings. The molecule has 0 aliphatic heterocycles. The van der Waals surface area contributed by atoms with Crippen LogP contribution in [0.15, 0.2) is 63.3 Å². The quantitative estimate of drug-likeness (QED) is 0.244. The number of Topliss-reactive ketones (excluding diaryl/α,β-unsaturated/α-hetero) is 1. The van der Waals surface area contributed by atoms with Crippen LogP contribution in [0.2, 0.25) is 0 Å². The van der Waals surface area contributed by atoms with Crippen molar-refractivity contribution >= 4 is 27.5 Å². The molecule has 2 rings (SSSR count). The summed E-state index contributed by atoms with van der Waals surface area (Å²) in [6, 6.07) is 8.40. The van der Waals surface area contributed by atoms with E-state index < -0.39 is 34.1 Å². The van der Waals surface area contributed by atoms with Crippen molar-refractivity contribution in [2.45, 2.75) is 25.3 Å². The Morgan fingerprint density at radius 2 is 1.93 bits per heavy atom. The molecule has 0 unspecified atom stereocenters. The Morgan fingerprint density at radius 3 is 2.52 bits per heavy atom. The Labute approximate surface area is 167 Å². The van der Waals surface area contributed by atoms with Crippen molar-refractivity contribution in [2.24, 2.45) is 0 Å². The lowest BCUT2D eigenvalue weighted by Gasteiger charge is -2.09. The number of aliphatic hydroxyl groups is 1. The van der Waals surface area contributed by atoms with Gasteiger partial charge in [0, 0.05) is 5.71 Å². The number of hydrogen-bond donors (Lipinski definition) is 3. The summed E-state index contributed by atoms with van der Waals surface area (Å²) in [5.41, 5.74) is -0.465. The molecule has 2 aromatic rings. The van der Waals surface area contributed by atoms with Gasteiger partial charge >= 0.3 is 5.97 Å². The molecular formula is C19H20N2O7S. The number of hydrogen-bond acceptors (Lipinski definition) is 8. The highest BCUT2D eigenvalue weighted by Crippen LogP contribution is 2.14. The second-order valence-corrected chi connectivity index (χ2v) is 7.78. The van der Waals surface area contributed by atoms with Gasteiger partial charge in [-0.05, 0) is 44.2 Å². The van der Waals surface area contributed by atoms with E-state index in [1.54, 1.807) is 12.1 Å². The molecule has 1 aromatic carbocycles. The maximum atomic E-state index is 12.4. The van der Waals surface area contributed by atoms with Gasteiger partial charge < -0.3 is 19.7 Å². The van der Waals surface area contributed by atoms with Gasteiger partial charge in [0.05, 0.1) is 28.8 Å². The van der Waals surface area contributed by atoms with Crippen molar-refractivity contribution < 1.29 is 32.3 Å². The largest absolute Gasteiger partial charge is 0.508 e. The Morgan fingerprint density at radius 1 is 1.21 bits per heavy atom. The standard InChI is InChI=1S/C19H20N2O7S/c1-12(20)18(13(2)22)17(23)11-28-19(24)14-5-3-7-16(9-14)29(25,26)21-10-15-6-4-8-27-15/h3-9,20-21,23H,10-11H2,1-2H3/b18-17-,20-12?. The smallest absolute Gasteiger partial charge is 0.338 e. The molecular weight excluding hydrogens is 400 g/mol. The molecule has 9 nitrogen and oxygen atoms in total. The zero-order valence-electron chi connectivity index (χ0n) is 15.8. The third-order valence-electron chi connectivity index (χ3n) is 3.75. The normalized spacial score (nSPS) is 12.2. The molecule has 0 spiro atoms. The van der Waals surface area contributed by atoms with Crippen LogP contribution in [0.4, 0.5) is 0 Å². The summed E-state index contributed by atoms with van der Waals surface area (Å²) in [6.07, 6.45) is 1.42. The molecule has 0 amide bonds. The highest BCUT2D eigenvalue weighted by molar-refractivity contribution is 7.89. The van der Waals surface area contributed by atoms with Gasteiger partial charge in [-0.2, -0.15) is 0 Å². The molecule has 1 heterocycles. The van der Waals surface area contributed by atoms with Crippen molar-refractivity contribution in [2.75, 3.05) is 6.61 Å². The molecule has 29 heavy (non-hydrogen) atoms. The van der Waals surface area contributed by atoms with Crippen LogP contribution in [0, 0.1) is 5.41 Å². The van der Waals surface area contributed by atoms with Gasteiger partial charge in [-0.3, -0.25) is 4.79 Å². The predicted octanol–water partition coefficient (Wildman–Crippen LogP) is 2.36. The first-order valence-electron chi connectivity index (χ1n) is 8.39. The number of carbonyl (C=O) groups is 2. The van der Waals surface area contributed by atoms with Crippen LogP contribution in [0.5, 0.6) is 0 Å². The zero-order chi connectivity index (χ0) is 21.6. The number of esters is 1. The molecule has 0 saturated carbocycles. The summed E-state index contributed by atoms with van der Waals surface area (Å²) in [7, 11) is -3.91. The van der Waals surface area contributed by atoms with Crippen molar-refractivity contribution in [3.8, 4) is 0 Å². The summed E-state index contributed by atoms with van der Waals surface area (Å²) in [6.45, 7) is 1.81. The van der Waals surface area contributed by atoms with E-state index >= 15 is 0 Å². The van der Waals surface area contributed by atoms with Gasteiger partial charge in [0.25, 0.3) is 0 Å². The summed E-state index contributed by atoms with van der Waals surface area (Å²) in [5.74, 6) is -1.57. The van der Waals surface area contributed by atoms with Crippen molar-refractivity contribution in [1.29, 1.82) is 5.41 Å². The molecule has 3 N–H and O–H groups in total. The number of allylic oxidation sites excluding steroid dienone is 1. The number of benzene rings is 1. The topological polar surface area (TPSA) is 147 Å². The van der Waals surface area contributed by atoms with E-state index in [2.05, 4.69) is 4.72 Å². The first kappa shape index (κ1) is 22.1. The summed E-state index contributed by atoms with van der Waals surface area (Å²) < 4.78 is 37.1. The molecule has 0 radical (unpaired) electrons. The van der Waals surface area contributed by atoms with Gasteiger partial charge in [-0.25, -0.2) is 17.9 Å². The van der Waals surface area contributed by atoms with Gasteiger partial charge in [0.1, 0.15) is 18.1 Å². The molecule has 10 heteroatoms. The minimum atomic E-state index is -3.91. The van der Waals surface area contributed by atoms with Gasteiger partial charge in [-0.15, -0.1) is 0 Å². The number of rotatable bonds is 9. The Bertz CT molecular complexity index is 1040. The third-order valence-corrected chi connectivity index (χ3v) is 5.15. The lowest BCUT2D eigenvalue weighted by molar-refractivity contribution is -0.113. The van der Waals surface area contributed by atoms with Crippen LogP contribution in [0.1, 0.15) is 30.0 Å². The molecule has 0 saturated heterocycles. The number of ketones is 1. The lowest BCUT2D eigenvalue weighted by Crippen LogP contribution is -2.23. The van der Waals surface area contributed by atoms with E-state index in [1.807, 2.05) is 0 Å². The summed E-state index contributed by atoms with van der Waals surface area (Å²) in [4.78, 5) is 23.5. The van der Waals surface area contributed by atoms with Crippen molar-refractivity contribution in [1.82, 2.24) is 4.72 Å². The fourth-order valence-corrected chi connectivity index (χ4v) is 3.46. The van der Waals surface area contributed by atoms with Crippen LogP contribution in [0.25, 0.3) is 0 Å². The van der Waals surface area contributed by atoms with Gasteiger partial charge in [0.15, 0.2) is 5.78 Å². The molecule has 0 bridgehead atoms.